The van der Waals surface area contributed by atoms with Gasteiger partial charge in [-0.05, 0) is 6.42 Å². The fourth-order valence-corrected chi connectivity index (χ4v) is 2.64. The van der Waals surface area contributed by atoms with Crippen molar-refractivity contribution in [1.29, 1.82) is 0 Å². The molecule has 6 nitrogen and oxygen atoms in total. The third-order valence-electron chi connectivity index (χ3n) is 3.59. The highest BCUT2D eigenvalue weighted by Gasteiger charge is 2.11. The van der Waals surface area contributed by atoms with Crippen LogP contribution >= 0.6 is 0 Å². The smallest absolute Gasteiger partial charge is 0.375 e. The molecule has 0 aromatic carbocycles. The van der Waals surface area contributed by atoms with Gasteiger partial charge in [-0.15, -0.1) is 6.58 Å². The van der Waals surface area contributed by atoms with Crippen LogP contribution in [0.2, 0.25) is 0 Å². The average Bonchev–Trinajstić information content (AvgIpc) is 2.52. The van der Waals surface area contributed by atoms with E-state index in [0.717, 1.165) is 19.3 Å². The molecule has 1 unspecified atom stereocenters. The number of hydrogen-bond donors (Lipinski definition) is 1. The van der Waals surface area contributed by atoms with Crippen molar-refractivity contribution in [3.8, 4) is 0 Å². The summed E-state index contributed by atoms with van der Waals surface area (Å²) < 4.78 is 44.7. The largest absolute Gasteiger partial charge is 0.397 e. The summed E-state index contributed by atoms with van der Waals surface area (Å²) in [5.41, 5.74) is 0. The van der Waals surface area contributed by atoms with Crippen LogP contribution in [-0.2, 0) is 24.1 Å². The predicted molar refractivity (Wildman–Crippen MR) is 95.5 cm³/mol. The highest BCUT2D eigenvalue weighted by Crippen LogP contribution is 2.12. The van der Waals surface area contributed by atoms with E-state index in [1.54, 1.807) is 6.08 Å². The van der Waals surface area contributed by atoms with Gasteiger partial charge in [-0.1, -0.05) is 64.4 Å². The molecule has 0 aromatic heterocycles. The summed E-state index contributed by atoms with van der Waals surface area (Å²) in [6.07, 6.45) is 12.4. The van der Waals surface area contributed by atoms with Gasteiger partial charge >= 0.3 is 10.4 Å². The average molecular weight is 367 g/mol. The summed E-state index contributed by atoms with van der Waals surface area (Å²) in [6.45, 7) is 6.61. The van der Waals surface area contributed by atoms with Crippen molar-refractivity contribution in [3.05, 3.63) is 12.7 Å². The molecule has 0 aromatic rings. The van der Waals surface area contributed by atoms with Gasteiger partial charge in [-0.25, -0.2) is 4.18 Å². The van der Waals surface area contributed by atoms with Crippen molar-refractivity contribution in [2.45, 2.75) is 70.8 Å². The van der Waals surface area contributed by atoms with Crippen molar-refractivity contribution < 1.29 is 26.6 Å². The quantitative estimate of drug-likeness (QED) is 0.225. The van der Waals surface area contributed by atoms with Crippen LogP contribution in [0, 0.1) is 0 Å². The topological polar surface area (TPSA) is 82.1 Å². The van der Waals surface area contributed by atoms with Gasteiger partial charge in [0.15, 0.2) is 0 Å². The molecule has 24 heavy (non-hydrogen) atoms. The van der Waals surface area contributed by atoms with E-state index in [-0.39, 0.29) is 19.3 Å². The summed E-state index contributed by atoms with van der Waals surface area (Å²) in [5, 5.41) is 0. The minimum atomic E-state index is -4.40. The highest BCUT2D eigenvalue weighted by molar-refractivity contribution is 7.80. The lowest BCUT2D eigenvalue weighted by Crippen LogP contribution is -2.23. The van der Waals surface area contributed by atoms with Crippen LogP contribution in [0.3, 0.4) is 0 Å². The summed E-state index contributed by atoms with van der Waals surface area (Å²) in [7, 11) is -4.40. The Hall–Kier alpha value is -0.470. The molecule has 0 heterocycles. The van der Waals surface area contributed by atoms with Crippen LogP contribution < -0.4 is 0 Å². The molecule has 0 amide bonds. The van der Waals surface area contributed by atoms with E-state index in [1.165, 1.54) is 38.5 Å². The SMILES string of the molecule is C=CCOCC(CCCCCCCCCC)OCCOS(=O)(=O)O. The third-order valence-corrected chi connectivity index (χ3v) is 4.05. The first-order chi connectivity index (χ1) is 11.5. The fraction of sp³-hybridized carbons (Fsp3) is 0.882. The first-order valence-electron chi connectivity index (χ1n) is 8.91. The van der Waals surface area contributed by atoms with Crippen molar-refractivity contribution >= 4 is 10.4 Å². The van der Waals surface area contributed by atoms with E-state index in [4.69, 9.17) is 14.0 Å². The number of rotatable bonds is 18. The maximum atomic E-state index is 10.5. The monoisotopic (exact) mass is 366 g/mol. The zero-order valence-corrected chi connectivity index (χ0v) is 15.8. The Bertz CT molecular complexity index is 383. The van der Waals surface area contributed by atoms with Crippen LogP contribution in [0.15, 0.2) is 12.7 Å². The van der Waals surface area contributed by atoms with Crippen molar-refractivity contribution in [2.75, 3.05) is 26.4 Å². The molecule has 1 atom stereocenters. The Morgan fingerprint density at radius 1 is 1.04 bits per heavy atom. The zero-order chi connectivity index (χ0) is 18.1. The van der Waals surface area contributed by atoms with Crippen LogP contribution in [0.4, 0.5) is 0 Å². The second kappa shape index (κ2) is 16.0. The van der Waals surface area contributed by atoms with E-state index in [2.05, 4.69) is 17.7 Å². The number of unbranched alkanes of at least 4 members (excludes halogenated alkanes) is 7. The summed E-state index contributed by atoms with van der Waals surface area (Å²) in [5.74, 6) is 0. The molecule has 7 heteroatoms. The predicted octanol–water partition coefficient (Wildman–Crippen LogP) is 3.92. The first kappa shape index (κ1) is 23.5. The molecule has 0 aliphatic rings. The van der Waals surface area contributed by atoms with Gasteiger partial charge in [0, 0.05) is 0 Å². The Morgan fingerprint density at radius 2 is 1.67 bits per heavy atom. The van der Waals surface area contributed by atoms with Crippen molar-refractivity contribution in [2.24, 2.45) is 0 Å². The lowest BCUT2D eigenvalue weighted by atomic mass is 10.1. The number of ether oxygens (including phenoxy) is 2. The standard InChI is InChI=1S/C17H34O6S/c1-3-5-6-7-8-9-10-11-12-17(16-21-13-4-2)22-14-15-23-24(18,19)20/h4,17H,2-3,5-16H2,1H3,(H,18,19,20). The lowest BCUT2D eigenvalue weighted by Gasteiger charge is -2.17. The Kier molecular flexibility index (Phi) is 15.7. The minimum absolute atomic E-state index is 0.0962. The van der Waals surface area contributed by atoms with E-state index >= 15 is 0 Å². The van der Waals surface area contributed by atoms with E-state index in [1.807, 2.05) is 0 Å². The van der Waals surface area contributed by atoms with Crippen LogP contribution in [0.25, 0.3) is 0 Å². The maximum Gasteiger partial charge on any atom is 0.397 e. The number of hydrogen-bond acceptors (Lipinski definition) is 5. The molecule has 0 rings (SSSR count). The molecule has 0 saturated carbocycles. The summed E-state index contributed by atoms with van der Waals surface area (Å²) in [6, 6.07) is 0. The molecule has 0 fully saturated rings. The first-order valence-corrected chi connectivity index (χ1v) is 10.3. The fourth-order valence-electron chi connectivity index (χ4n) is 2.36. The second-order valence-corrected chi connectivity index (χ2v) is 6.92. The van der Waals surface area contributed by atoms with Gasteiger partial charge in [0.1, 0.15) is 0 Å². The van der Waals surface area contributed by atoms with E-state index < -0.39 is 10.4 Å². The minimum Gasteiger partial charge on any atom is -0.375 e. The van der Waals surface area contributed by atoms with Crippen LogP contribution in [-0.4, -0.2) is 45.5 Å². The molecule has 0 radical (unpaired) electrons. The molecule has 0 aliphatic heterocycles. The normalized spacial score (nSPS) is 13.1. The Balaban J connectivity index is 3.80. The molecule has 144 valence electrons. The van der Waals surface area contributed by atoms with Crippen LogP contribution in [0.1, 0.15) is 64.7 Å². The maximum absolute atomic E-state index is 10.5. The van der Waals surface area contributed by atoms with Gasteiger partial charge < -0.3 is 9.47 Å². The van der Waals surface area contributed by atoms with Gasteiger partial charge in [-0.3, -0.25) is 4.55 Å². The molecular weight excluding hydrogens is 332 g/mol. The van der Waals surface area contributed by atoms with Crippen LogP contribution in [0.5, 0.6) is 0 Å². The zero-order valence-electron chi connectivity index (χ0n) is 15.0. The summed E-state index contributed by atoms with van der Waals surface area (Å²) >= 11 is 0. The molecule has 0 saturated heterocycles. The molecule has 0 aliphatic carbocycles. The lowest BCUT2D eigenvalue weighted by molar-refractivity contribution is -0.0246. The highest BCUT2D eigenvalue weighted by atomic mass is 32.3. The van der Waals surface area contributed by atoms with Gasteiger partial charge in [-0.2, -0.15) is 8.42 Å². The Morgan fingerprint density at radius 3 is 2.25 bits per heavy atom. The third kappa shape index (κ3) is 17.9. The molecule has 0 bridgehead atoms. The Labute approximate surface area is 147 Å². The van der Waals surface area contributed by atoms with Gasteiger partial charge in [0.05, 0.1) is 32.5 Å². The van der Waals surface area contributed by atoms with E-state index in [9.17, 15) is 8.42 Å². The second-order valence-electron chi connectivity index (χ2n) is 5.83. The van der Waals surface area contributed by atoms with Gasteiger partial charge in [0.2, 0.25) is 0 Å². The van der Waals surface area contributed by atoms with Crippen molar-refractivity contribution in [3.63, 3.8) is 0 Å². The molecule has 1 N–H and O–H groups in total. The van der Waals surface area contributed by atoms with E-state index in [0.29, 0.717) is 13.2 Å². The summed E-state index contributed by atoms with van der Waals surface area (Å²) in [4.78, 5) is 0. The van der Waals surface area contributed by atoms with Gasteiger partial charge in [0.25, 0.3) is 0 Å². The molecular formula is C17H34O6S. The van der Waals surface area contributed by atoms with Crippen molar-refractivity contribution in [1.82, 2.24) is 0 Å². The molecule has 0 spiro atoms.